The quantitative estimate of drug-likeness (QED) is 0.665. The molecule has 0 spiro atoms. The minimum atomic E-state index is -0.416. The van der Waals surface area contributed by atoms with E-state index < -0.39 is 5.91 Å². The van der Waals surface area contributed by atoms with Crippen molar-refractivity contribution >= 4 is 11.6 Å². The molecule has 0 atom stereocenters. The molecule has 0 unspecified atom stereocenters. The molecule has 0 radical (unpaired) electrons. The largest absolute Gasteiger partial charge is 0.380 e. The maximum atomic E-state index is 11.5. The number of carbonyl (C=O) groups is 1. The summed E-state index contributed by atoms with van der Waals surface area (Å²) in [7, 11) is 0. The lowest BCUT2D eigenvalue weighted by molar-refractivity contribution is 0.1000. The Morgan fingerprint density at radius 3 is 2.58 bits per heavy atom. The van der Waals surface area contributed by atoms with Crippen molar-refractivity contribution in [3.8, 4) is 11.3 Å². The number of primary amides is 1. The zero-order valence-corrected chi connectivity index (χ0v) is 13.9. The molecule has 24 heavy (non-hydrogen) atoms. The van der Waals surface area contributed by atoms with Gasteiger partial charge in [0.25, 0.3) is 5.91 Å². The van der Waals surface area contributed by atoms with Gasteiger partial charge in [-0.05, 0) is 31.5 Å². The van der Waals surface area contributed by atoms with Crippen LogP contribution < -0.4 is 11.1 Å². The van der Waals surface area contributed by atoms with Crippen molar-refractivity contribution in [2.75, 3.05) is 5.32 Å². The fourth-order valence-electron chi connectivity index (χ4n) is 2.85. The van der Waals surface area contributed by atoms with Crippen LogP contribution in [0.3, 0.4) is 0 Å². The molecular weight excluding hydrogens is 298 g/mol. The molecule has 1 heterocycles. The monoisotopic (exact) mass is 319 g/mol. The van der Waals surface area contributed by atoms with Crippen molar-refractivity contribution in [2.45, 2.75) is 20.4 Å². The smallest absolute Gasteiger partial charge is 0.250 e. The van der Waals surface area contributed by atoms with Crippen LogP contribution in [0, 0.1) is 13.8 Å². The van der Waals surface area contributed by atoms with Crippen LogP contribution in [-0.2, 0) is 6.54 Å². The summed E-state index contributed by atoms with van der Waals surface area (Å²) in [4.78, 5) is 14.7. The van der Waals surface area contributed by atoms with E-state index in [9.17, 15) is 4.79 Å². The van der Waals surface area contributed by atoms with Gasteiger partial charge >= 0.3 is 0 Å². The average Bonchev–Trinajstić information content (AvgIpc) is 2.95. The number of rotatable bonds is 5. The first-order valence-corrected chi connectivity index (χ1v) is 7.93. The fraction of sp³-hybridized carbons (Fsp3) is 0.150. The number of amides is 1. The van der Waals surface area contributed by atoms with Crippen molar-refractivity contribution < 1.29 is 4.79 Å². The fourth-order valence-corrected chi connectivity index (χ4v) is 2.85. The summed E-state index contributed by atoms with van der Waals surface area (Å²) < 4.78 is 0. The first-order valence-electron chi connectivity index (χ1n) is 7.93. The van der Waals surface area contributed by atoms with E-state index >= 15 is 0 Å². The minimum absolute atomic E-state index is 0.416. The number of benzene rings is 2. The Labute approximate surface area is 141 Å². The number of aromatic nitrogens is 1. The lowest BCUT2D eigenvalue weighted by atomic mass is 10.1. The second kappa shape index (κ2) is 6.62. The number of H-pyrrole nitrogens is 1. The van der Waals surface area contributed by atoms with Gasteiger partial charge in [0, 0.05) is 29.2 Å². The van der Waals surface area contributed by atoms with E-state index in [4.69, 9.17) is 5.73 Å². The molecule has 3 aromatic rings. The summed E-state index contributed by atoms with van der Waals surface area (Å²) in [6, 6.07) is 18.3. The molecule has 122 valence electrons. The summed E-state index contributed by atoms with van der Waals surface area (Å²) in [6.45, 7) is 4.68. The lowest BCUT2D eigenvalue weighted by Crippen LogP contribution is -2.10. The molecular formula is C20H21N3O. The zero-order valence-electron chi connectivity index (χ0n) is 13.9. The second-order valence-electron chi connectivity index (χ2n) is 5.97. The van der Waals surface area contributed by atoms with Crippen molar-refractivity contribution in [1.82, 2.24) is 4.98 Å². The topological polar surface area (TPSA) is 70.9 Å². The van der Waals surface area contributed by atoms with Crippen LogP contribution in [0.5, 0.6) is 0 Å². The summed E-state index contributed by atoms with van der Waals surface area (Å²) in [5, 5.41) is 3.48. The van der Waals surface area contributed by atoms with E-state index in [2.05, 4.69) is 41.5 Å². The highest BCUT2D eigenvalue weighted by atomic mass is 16.1. The number of aryl methyl sites for hydroxylation is 2. The van der Waals surface area contributed by atoms with Gasteiger partial charge in [-0.1, -0.05) is 48.0 Å². The SMILES string of the molecule is Cc1cccc(CNc2ccccc2-c2cc(C(N)=O)c(C)[nH]2)c1. The Morgan fingerprint density at radius 1 is 1.08 bits per heavy atom. The molecule has 1 aromatic heterocycles. The first-order chi connectivity index (χ1) is 11.5. The van der Waals surface area contributed by atoms with Crippen LogP contribution in [0.1, 0.15) is 27.2 Å². The van der Waals surface area contributed by atoms with Gasteiger partial charge in [0.2, 0.25) is 0 Å². The number of nitrogens with one attached hydrogen (secondary N) is 2. The molecule has 1 amide bonds. The normalized spacial score (nSPS) is 10.6. The van der Waals surface area contributed by atoms with Crippen LogP contribution in [0.15, 0.2) is 54.6 Å². The number of carbonyl (C=O) groups excluding carboxylic acids is 1. The molecule has 0 fully saturated rings. The number of hydrogen-bond acceptors (Lipinski definition) is 2. The minimum Gasteiger partial charge on any atom is -0.380 e. The molecule has 0 aliphatic rings. The van der Waals surface area contributed by atoms with Crippen molar-refractivity contribution in [3.05, 3.63) is 77.0 Å². The Balaban J connectivity index is 1.88. The van der Waals surface area contributed by atoms with E-state index in [-0.39, 0.29) is 0 Å². The van der Waals surface area contributed by atoms with E-state index in [1.54, 1.807) is 0 Å². The number of aromatic amines is 1. The summed E-state index contributed by atoms with van der Waals surface area (Å²) >= 11 is 0. The molecule has 2 aromatic carbocycles. The number of anilines is 1. The zero-order chi connectivity index (χ0) is 17.1. The summed E-state index contributed by atoms with van der Waals surface area (Å²) in [5.74, 6) is -0.416. The van der Waals surface area contributed by atoms with Gasteiger partial charge < -0.3 is 16.0 Å². The van der Waals surface area contributed by atoms with Gasteiger partial charge in [-0.3, -0.25) is 4.79 Å². The maximum Gasteiger partial charge on any atom is 0.250 e. The van der Waals surface area contributed by atoms with Crippen molar-refractivity contribution in [2.24, 2.45) is 5.73 Å². The number of para-hydroxylation sites is 1. The van der Waals surface area contributed by atoms with Crippen LogP contribution in [0.25, 0.3) is 11.3 Å². The molecule has 4 N–H and O–H groups in total. The van der Waals surface area contributed by atoms with Crippen LogP contribution in [-0.4, -0.2) is 10.9 Å². The van der Waals surface area contributed by atoms with Crippen molar-refractivity contribution in [3.63, 3.8) is 0 Å². The molecule has 3 rings (SSSR count). The van der Waals surface area contributed by atoms with Gasteiger partial charge in [-0.25, -0.2) is 0 Å². The highest BCUT2D eigenvalue weighted by Gasteiger charge is 2.13. The third-order valence-corrected chi connectivity index (χ3v) is 4.06. The molecule has 4 nitrogen and oxygen atoms in total. The second-order valence-corrected chi connectivity index (χ2v) is 5.97. The summed E-state index contributed by atoms with van der Waals surface area (Å²) in [6.07, 6.45) is 0. The highest BCUT2D eigenvalue weighted by Crippen LogP contribution is 2.29. The maximum absolute atomic E-state index is 11.5. The van der Waals surface area contributed by atoms with Gasteiger partial charge in [-0.2, -0.15) is 0 Å². The molecule has 0 bridgehead atoms. The number of nitrogens with two attached hydrogens (primary N) is 1. The Bertz CT molecular complexity index is 880. The molecule has 4 heteroatoms. The predicted molar refractivity (Wildman–Crippen MR) is 98.0 cm³/mol. The Hall–Kier alpha value is -3.01. The molecule has 0 aliphatic carbocycles. The standard InChI is InChI=1S/C20H21N3O/c1-13-6-5-7-15(10-13)12-22-18-9-4-3-8-16(18)19-11-17(20(21)24)14(2)23-19/h3-11,22-23H,12H2,1-2H3,(H2,21,24). The molecule has 0 saturated heterocycles. The predicted octanol–water partition coefficient (Wildman–Crippen LogP) is 4.01. The Kier molecular flexibility index (Phi) is 4.38. The van der Waals surface area contributed by atoms with E-state index in [0.29, 0.717) is 5.56 Å². The molecule has 0 aliphatic heterocycles. The van der Waals surface area contributed by atoms with E-state index in [1.807, 2.05) is 37.3 Å². The van der Waals surface area contributed by atoms with E-state index in [0.717, 1.165) is 29.2 Å². The summed E-state index contributed by atoms with van der Waals surface area (Å²) in [5.41, 5.74) is 12.1. The van der Waals surface area contributed by atoms with Gasteiger partial charge in [0.05, 0.1) is 5.56 Å². The lowest BCUT2D eigenvalue weighted by Gasteiger charge is -2.11. The van der Waals surface area contributed by atoms with Crippen LogP contribution in [0.2, 0.25) is 0 Å². The van der Waals surface area contributed by atoms with Crippen LogP contribution in [0.4, 0.5) is 5.69 Å². The third-order valence-electron chi connectivity index (χ3n) is 4.06. The highest BCUT2D eigenvalue weighted by molar-refractivity contribution is 5.96. The van der Waals surface area contributed by atoms with Gasteiger partial charge in [-0.15, -0.1) is 0 Å². The van der Waals surface area contributed by atoms with Gasteiger partial charge in [0.1, 0.15) is 0 Å². The Morgan fingerprint density at radius 2 is 1.88 bits per heavy atom. The van der Waals surface area contributed by atoms with Crippen LogP contribution >= 0.6 is 0 Å². The number of hydrogen-bond donors (Lipinski definition) is 3. The van der Waals surface area contributed by atoms with E-state index in [1.165, 1.54) is 11.1 Å². The average molecular weight is 319 g/mol. The van der Waals surface area contributed by atoms with Gasteiger partial charge in [0.15, 0.2) is 0 Å². The first kappa shape index (κ1) is 15.9. The molecule has 0 saturated carbocycles. The third kappa shape index (κ3) is 3.33. The van der Waals surface area contributed by atoms with Crippen molar-refractivity contribution in [1.29, 1.82) is 0 Å².